The van der Waals surface area contributed by atoms with Crippen molar-refractivity contribution in [2.75, 3.05) is 13.7 Å². The number of hydrogen-bond donors (Lipinski definition) is 2. The summed E-state index contributed by atoms with van der Waals surface area (Å²) in [4.78, 5) is 33.5. The summed E-state index contributed by atoms with van der Waals surface area (Å²) in [5, 5.41) is 22.5. The van der Waals surface area contributed by atoms with Gasteiger partial charge in [-0.25, -0.2) is 0 Å². The van der Waals surface area contributed by atoms with E-state index in [1.54, 1.807) is 0 Å². The molecule has 0 heterocycles. The van der Waals surface area contributed by atoms with Crippen molar-refractivity contribution in [3.63, 3.8) is 0 Å². The topological polar surface area (TPSA) is 128 Å². The lowest BCUT2D eigenvalue weighted by Crippen LogP contribution is -2.23. The van der Waals surface area contributed by atoms with E-state index >= 15 is 0 Å². The number of amides is 1. The van der Waals surface area contributed by atoms with Crippen LogP contribution in [0.2, 0.25) is 0 Å². The number of rotatable bonds is 12. The minimum absolute atomic E-state index is 0.0138. The summed E-state index contributed by atoms with van der Waals surface area (Å²) in [6.07, 6.45) is 2.24. The van der Waals surface area contributed by atoms with Crippen LogP contribution in [0.4, 0.5) is 5.69 Å². The van der Waals surface area contributed by atoms with Crippen molar-refractivity contribution in [1.29, 1.82) is 0 Å². The minimum atomic E-state index is -0.803. The summed E-state index contributed by atoms with van der Waals surface area (Å²) in [7, 11) is 1.31. The van der Waals surface area contributed by atoms with Crippen LogP contribution in [0.15, 0.2) is 36.4 Å². The zero-order valence-corrected chi connectivity index (χ0v) is 17.6. The number of benzene rings is 2. The van der Waals surface area contributed by atoms with Crippen molar-refractivity contribution in [3.8, 4) is 11.5 Å². The van der Waals surface area contributed by atoms with Crippen molar-refractivity contribution < 1.29 is 29.1 Å². The fourth-order valence-corrected chi connectivity index (χ4v) is 2.93. The van der Waals surface area contributed by atoms with Crippen LogP contribution in [-0.2, 0) is 11.3 Å². The maximum atomic E-state index is 12.5. The predicted molar refractivity (Wildman–Crippen MR) is 114 cm³/mol. The van der Waals surface area contributed by atoms with Gasteiger partial charge >= 0.3 is 11.7 Å². The molecule has 0 saturated carbocycles. The fourth-order valence-electron chi connectivity index (χ4n) is 2.93. The Hall–Kier alpha value is -3.62. The highest BCUT2D eigenvalue weighted by molar-refractivity contribution is 5.95. The summed E-state index contributed by atoms with van der Waals surface area (Å²) >= 11 is 0. The van der Waals surface area contributed by atoms with E-state index in [-0.39, 0.29) is 30.0 Å². The number of aliphatic carboxylic acids is 1. The second kappa shape index (κ2) is 11.5. The molecule has 0 saturated heterocycles. The smallest absolute Gasteiger partial charge is 0.310 e. The molecule has 166 valence electrons. The predicted octanol–water partition coefficient (Wildman–Crippen LogP) is 3.87. The molecule has 31 heavy (non-hydrogen) atoms. The van der Waals surface area contributed by atoms with Gasteiger partial charge in [0.2, 0.25) is 0 Å². The van der Waals surface area contributed by atoms with Crippen molar-refractivity contribution >= 4 is 17.6 Å². The first kappa shape index (κ1) is 23.7. The van der Waals surface area contributed by atoms with Crippen LogP contribution >= 0.6 is 0 Å². The number of nitro benzene ring substituents is 1. The van der Waals surface area contributed by atoms with Gasteiger partial charge in [0.05, 0.1) is 18.6 Å². The van der Waals surface area contributed by atoms with Crippen molar-refractivity contribution in [2.45, 2.75) is 39.2 Å². The first-order valence-corrected chi connectivity index (χ1v) is 9.86. The molecule has 0 spiro atoms. The third-order valence-electron chi connectivity index (χ3n) is 4.59. The maximum absolute atomic E-state index is 12.5. The van der Waals surface area contributed by atoms with Crippen molar-refractivity contribution in [2.24, 2.45) is 0 Å². The van der Waals surface area contributed by atoms with E-state index < -0.39 is 16.8 Å². The number of unbranched alkanes of at least 4 members (excludes halogenated alkanes) is 2. The van der Waals surface area contributed by atoms with Gasteiger partial charge in [-0.1, -0.05) is 12.1 Å². The molecule has 0 radical (unpaired) electrons. The Balaban J connectivity index is 1.97. The van der Waals surface area contributed by atoms with Crippen molar-refractivity contribution in [1.82, 2.24) is 5.32 Å². The molecule has 2 aromatic rings. The van der Waals surface area contributed by atoms with E-state index in [1.165, 1.54) is 25.3 Å². The molecule has 0 bridgehead atoms. The molecule has 0 unspecified atom stereocenters. The molecule has 9 nitrogen and oxygen atoms in total. The molecule has 0 aliphatic rings. The normalized spacial score (nSPS) is 10.4. The Labute approximate surface area is 180 Å². The summed E-state index contributed by atoms with van der Waals surface area (Å²) in [5.41, 5.74) is 1.83. The fraction of sp³-hybridized carbons (Fsp3) is 0.364. The molecule has 1 amide bonds. The van der Waals surface area contributed by atoms with Gasteiger partial charge in [-0.3, -0.25) is 19.7 Å². The van der Waals surface area contributed by atoms with Gasteiger partial charge in [0.15, 0.2) is 5.75 Å². The van der Waals surface area contributed by atoms with Crippen LogP contribution < -0.4 is 14.8 Å². The summed E-state index contributed by atoms with van der Waals surface area (Å²) in [6, 6.07) is 9.60. The van der Waals surface area contributed by atoms with Gasteiger partial charge in [0.1, 0.15) is 5.75 Å². The van der Waals surface area contributed by atoms with Crippen LogP contribution in [0, 0.1) is 17.0 Å². The number of hydrogen-bond acceptors (Lipinski definition) is 6. The molecular formula is C22H26N2O7. The summed E-state index contributed by atoms with van der Waals surface area (Å²) in [5.74, 6) is -0.531. The lowest BCUT2D eigenvalue weighted by molar-refractivity contribution is -0.385. The van der Waals surface area contributed by atoms with Gasteiger partial charge in [-0.05, 0) is 43.9 Å². The lowest BCUT2D eigenvalue weighted by Gasteiger charge is -2.13. The number of carboxylic acids is 1. The van der Waals surface area contributed by atoms with Crippen LogP contribution in [0.1, 0.15) is 47.2 Å². The van der Waals surface area contributed by atoms with Crippen LogP contribution in [0.3, 0.4) is 0 Å². The van der Waals surface area contributed by atoms with E-state index in [9.17, 15) is 19.7 Å². The maximum Gasteiger partial charge on any atom is 0.310 e. The number of ether oxygens (including phenoxy) is 2. The number of aryl methyl sites for hydroxylation is 1. The third-order valence-corrected chi connectivity index (χ3v) is 4.59. The summed E-state index contributed by atoms with van der Waals surface area (Å²) in [6.45, 7) is 2.60. The monoisotopic (exact) mass is 430 g/mol. The van der Waals surface area contributed by atoms with E-state index in [0.29, 0.717) is 18.8 Å². The number of nitro groups is 1. The highest BCUT2D eigenvalue weighted by atomic mass is 16.6. The van der Waals surface area contributed by atoms with E-state index in [0.717, 1.165) is 24.0 Å². The highest BCUT2D eigenvalue weighted by Gasteiger charge is 2.17. The van der Waals surface area contributed by atoms with Crippen LogP contribution in [0.5, 0.6) is 11.5 Å². The minimum Gasteiger partial charge on any atom is -0.493 e. The first-order valence-electron chi connectivity index (χ1n) is 9.86. The molecular weight excluding hydrogens is 404 g/mol. The Bertz CT molecular complexity index is 943. The van der Waals surface area contributed by atoms with Gasteiger partial charge in [0.25, 0.3) is 5.91 Å². The number of carbonyl (C=O) groups excluding carboxylic acids is 1. The second-order valence-electron chi connectivity index (χ2n) is 6.99. The average Bonchev–Trinajstić information content (AvgIpc) is 2.74. The van der Waals surface area contributed by atoms with Crippen molar-refractivity contribution in [3.05, 3.63) is 63.2 Å². The molecule has 0 aliphatic carbocycles. The Kier molecular flexibility index (Phi) is 8.80. The molecule has 9 heteroatoms. The van der Waals surface area contributed by atoms with E-state index in [1.807, 2.05) is 25.1 Å². The molecule has 2 aromatic carbocycles. The Morgan fingerprint density at radius 2 is 1.87 bits per heavy atom. The zero-order valence-electron chi connectivity index (χ0n) is 17.6. The second-order valence-corrected chi connectivity index (χ2v) is 6.99. The number of carbonyl (C=O) groups is 2. The first-order chi connectivity index (χ1) is 14.8. The Morgan fingerprint density at radius 1 is 1.10 bits per heavy atom. The molecule has 0 aromatic heterocycles. The largest absolute Gasteiger partial charge is 0.493 e. The number of nitrogens with one attached hydrogen (secondary N) is 1. The summed E-state index contributed by atoms with van der Waals surface area (Å²) < 4.78 is 10.9. The average molecular weight is 430 g/mol. The molecule has 0 aliphatic heterocycles. The van der Waals surface area contributed by atoms with E-state index in [2.05, 4.69) is 5.32 Å². The van der Waals surface area contributed by atoms with Gasteiger partial charge in [-0.2, -0.15) is 0 Å². The van der Waals surface area contributed by atoms with Gasteiger partial charge < -0.3 is 19.9 Å². The van der Waals surface area contributed by atoms with Crippen LogP contribution in [-0.4, -0.2) is 35.6 Å². The quantitative estimate of drug-likeness (QED) is 0.297. The van der Waals surface area contributed by atoms with Gasteiger partial charge in [-0.15, -0.1) is 0 Å². The number of methoxy groups -OCH3 is 1. The van der Waals surface area contributed by atoms with E-state index in [4.69, 9.17) is 14.6 Å². The zero-order chi connectivity index (χ0) is 22.8. The van der Waals surface area contributed by atoms with Gasteiger partial charge in [0, 0.05) is 36.2 Å². The molecule has 0 atom stereocenters. The molecule has 2 rings (SSSR count). The lowest BCUT2D eigenvalue weighted by atomic mass is 10.1. The third kappa shape index (κ3) is 7.29. The molecule has 2 N–H and O–H groups in total. The molecule has 0 fully saturated rings. The number of carboxylic acid groups (broad SMARTS) is 1. The highest BCUT2D eigenvalue weighted by Crippen LogP contribution is 2.27. The SMILES string of the molecule is COc1cc(C(=O)NCc2ccc(C)cc2OCCCCCC(=O)O)ccc1[N+](=O)[O-]. The standard InChI is InChI=1S/C22H26N2O7/c1-15-7-8-17(19(12-15)31-11-5-3-4-6-21(25)26)14-23-22(27)16-9-10-18(24(28)29)20(13-16)30-2/h7-10,12-13H,3-6,11,14H2,1-2H3,(H,23,27)(H,25,26). The number of nitrogens with zero attached hydrogens (tertiary/aromatic N) is 1. The Morgan fingerprint density at radius 3 is 2.55 bits per heavy atom. The van der Waals surface area contributed by atoms with Crippen LogP contribution in [0.25, 0.3) is 0 Å².